The van der Waals surface area contributed by atoms with E-state index in [0.717, 1.165) is 36.0 Å². The number of hydrogen-bond acceptors (Lipinski definition) is 1. The topological polar surface area (TPSA) is 17.1 Å². The molecule has 0 spiro atoms. The Bertz CT molecular complexity index is 633. The number of hydrogen-bond donors (Lipinski definition) is 0. The minimum Gasteiger partial charge on any atom is -0.289 e. The molecule has 2 rings (SSSR count). The SMILES string of the molecule is CCc1cc(CC)c(C(=O)c2cccc(Cl)c2)c(CC)c1. The van der Waals surface area contributed by atoms with Crippen LogP contribution in [0.2, 0.25) is 5.02 Å². The van der Waals surface area contributed by atoms with Gasteiger partial charge < -0.3 is 0 Å². The van der Waals surface area contributed by atoms with E-state index in [2.05, 4.69) is 32.9 Å². The van der Waals surface area contributed by atoms with E-state index in [1.807, 2.05) is 12.1 Å². The van der Waals surface area contributed by atoms with Crippen molar-refractivity contribution in [2.75, 3.05) is 0 Å². The fourth-order valence-corrected chi connectivity index (χ4v) is 2.86. The van der Waals surface area contributed by atoms with Gasteiger partial charge in [-0.25, -0.2) is 0 Å². The van der Waals surface area contributed by atoms with Crippen LogP contribution < -0.4 is 0 Å². The third-order valence-corrected chi connectivity index (χ3v) is 4.08. The molecule has 0 aliphatic rings. The molecule has 0 radical (unpaired) electrons. The summed E-state index contributed by atoms with van der Waals surface area (Å²) in [5.74, 6) is 0.0776. The van der Waals surface area contributed by atoms with Crippen LogP contribution in [0.4, 0.5) is 0 Å². The van der Waals surface area contributed by atoms with Crippen LogP contribution >= 0.6 is 11.6 Å². The molecule has 0 aliphatic carbocycles. The Balaban J connectivity index is 2.59. The highest BCUT2D eigenvalue weighted by molar-refractivity contribution is 6.31. The maximum Gasteiger partial charge on any atom is 0.193 e. The molecule has 2 aromatic carbocycles. The molecule has 0 fully saturated rings. The van der Waals surface area contributed by atoms with E-state index >= 15 is 0 Å². The molecule has 0 atom stereocenters. The van der Waals surface area contributed by atoms with Crippen LogP contribution in [-0.2, 0) is 19.3 Å². The molecule has 0 aliphatic heterocycles. The van der Waals surface area contributed by atoms with Gasteiger partial charge in [-0.15, -0.1) is 0 Å². The summed E-state index contributed by atoms with van der Waals surface area (Å²) in [6.45, 7) is 6.35. The highest BCUT2D eigenvalue weighted by Crippen LogP contribution is 2.24. The molecule has 0 heterocycles. The van der Waals surface area contributed by atoms with Crippen LogP contribution in [0.25, 0.3) is 0 Å². The fourth-order valence-electron chi connectivity index (χ4n) is 2.67. The van der Waals surface area contributed by atoms with E-state index in [4.69, 9.17) is 11.6 Å². The first-order valence-electron chi connectivity index (χ1n) is 7.55. The monoisotopic (exact) mass is 300 g/mol. The number of benzene rings is 2. The zero-order valence-electron chi connectivity index (χ0n) is 12.9. The second-order valence-electron chi connectivity index (χ2n) is 5.19. The van der Waals surface area contributed by atoms with E-state index in [-0.39, 0.29) is 5.78 Å². The van der Waals surface area contributed by atoms with Gasteiger partial charge in [0, 0.05) is 16.1 Å². The van der Waals surface area contributed by atoms with Crippen LogP contribution in [0.3, 0.4) is 0 Å². The van der Waals surface area contributed by atoms with E-state index in [1.165, 1.54) is 5.56 Å². The number of carbonyl (C=O) groups excluding carboxylic acids is 1. The lowest BCUT2D eigenvalue weighted by atomic mass is 9.89. The maximum atomic E-state index is 12.9. The maximum absolute atomic E-state index is 12.9. The quantitative estimate of drug-likeness (QED) is 0.689. The summed E-state index contributed by atoms with van der Waals surface area (Å²) in [6.07, 6.45) is 2.72. The number of rotatable bonds is 5. The molecule has 2 heteroatoms. The van der Waals surface area contributed by atoms with Crippen LogP contribution in [0, 0.1) is 0 Å². The van der Waals surface area contributed by atoms with Crippen molar-refractivity contribution in [2.24, 2.45) is 0 Å². The van der Waals surface area contributed by atoms with Crippen molar-refractivity contribution in [1.82, 2.24) is 0 Å². The molecule has 0 bridgehead atoms. The highest BCUT2D eigenvalue weighted by atomic mass is 35.5. The number of ketones is 1. The molecule has 0 aromatic heterocycles. The Morgan fingerprint density at radius 3 is 2.05 bits per heavy atom. The average Bonchev–Trinajstić information content (AvgIpc) is 2.52. The Morgan fingerprint density at radius 2 is 1.57 bits per heavy atom. The molecule has 110 valence electrons. The molecule has 0 saturated heterocycles. The van der Waals surface area contributed by atoms with Crippen molar-refractivity contribution in [3.63, 3.8) is 0 Å². The molecular weight excluding hydrogens is 280 g/mol. The van der Waals surface area contributed by atoms with Gasteiger partial charge >= 0.3 is 0 Å². The summed E-state index contributed by atoms with van der Waals surface area (Å²) >= 11 is 6.02. The summed E-state index contributed by atoms with van der Waals surface area (Å²) in [5, 5.41) is 0.599. The predicted molar refractivity (Wildman–Crippen MR) is 89.5 cm³/mol. The number of halogens is 1. The van der Waals surface area contributed by atoms with Crippen molar-refractivity contribution in [1.29, 1.82) is 0 Å². The Kier molecular flexibility index (Phi) is 5.19. The second kappa shape index (κ2) is 6.91. The molecule has 0 saturated carbocycles. The van der Waals surface area contributed by atoms with Crippen molar-refractivity contribution >= 4 is 17.4 Å². The smallest absolute Gasteiger partial charge is 0.193 e. The lowest BCUT2D eigenvalue weighted by Gasteiger charge is -2.15. The number of carbonyl (C=O) groups is 1. The summed E-state index contributed by atoms with van der Waals surface area (Å²) in [5.41, 5.74) is 5.09. The molecular formula is C19H21ClO. The first-order chi connectivity index (χ1) is 10.1. The molecule has 0 N–H and O–H groups in total. The molecule has 1 nitrogen and oxygen atoms in total. The lowest BCUT2D eigenvalue weighted by Crippen LogP contribution is -2.10. The van der Waals surface area contributed by atoms with Gasteiger partial charge in [0.1, 0.15) is 0 Å². The Labute approximate surface area is 132 Å². The minimum atomic E-state index is 0.0776. The first-order valence-corrected chi connectivity index (χ1v) is 7.93. The van der Waals surface area contributed by atoms with Gasteiger partial charge in [-0.05, 0) is 48.1 Å². The second-order valence-corrected chi connectivity index (χ2v) is 5.63. The van der Waals surface area contributed by atoms with Crippen LogP contribution in [0.5, 0.6) is 0 Å². The third kappa shape index (κ3) is 3.36. The predicted octanol–water partition coefficient (Wildman–Crippen LogP) is 5.26. The van der Waals surface area contributed by atoms with Gasteiger partial charge in [0.25, 0.3) is 0 Å². The largest absolute Gasteiger partial charge is 0.289 e. The minimum absolute atomic E-state index is 0.0776. The molecule has 0 unspecified atom stereocenters. The van der Waals surface area contributed by atoms with Gasteiger partial charge in [-0.2, -0.15) is 0 Å². The van der Waals surface area contributed by atoms with Gasteiger partial charge in [-0.3, -0.25) is 4.79 Å². The lowest BCUT2D eigenvalue weighted by molar-refractivity contribution is 0.103. The van der Waals surface area contributed by atoms with Gasteiger partial charge in [0.05, 0.1) is 0 Å². The summed E-state index contributed by atoms with van der Waals surface area (Å²) in [4.78, 5) is 12.9. The van der Waals surface area contributed by atoms with Gasteiger partial charge in [-0.1, -0.05) is 56.6 Å². The fraction of sp³-hybridized carbons (Fsp3) is 0.316. The van der Waals surface area contributed by atoms with Gasteiger partial charge in [0.2, 0.25) is 0 Å². The van der Waals surface area contributed by atoms with Crippen molar-refractivity contribution in [3.8, 4) is 0 Å². The standard InChI is InChI=1S/C19H21ClO/c1-4-13-10-14(5-2)18(15(6-3)11-13)19(21)16-8-7-9-17(20)12-16/h7-12H,4-6H2,1-3H3. The highest BCUT2D eigenvalue weighted by Gasteiger charge is 2.17. The molecule has 2 aromatic rings. The van der Waals surface area contributed by atoms with Crippen LogP contribution in [0.1, 0.15) is 53.4 Å². The van der Waals surface area contributed by atoms with E-state index in [0.29, 0.717) is 10.6 Å². The summed E-state index contributed by atoms with van der Waals surface area (Å²) in [7, 11) is 0. The Morgan fingerprint density at radius 1 is 0.952 bits per heavy atom. The summed E-state index contributed by atoms with van der Waals surface area (Å²) in [6, 6.07) is 11.5. The van der Waals surface area contributed by atoms with Crippen molar-refractivity contribution in [2.45, 2.75) is 40.0 Å². The summed E-state index contributed by atoms with van der Waals surface area (Å²) < 4.78 is 0. The average molecular weight is 301 g/mol. The van der Waals surface area contributed by atoms with Crippen LogP contribution in [-0.4, -0.2) is 5.78 Å². The normalized spacial score (nSPS) is 10.7. The zero-order valence-corrected chi connectivity index (χ0v) is 13.6. The molecule has 0 amide bonds. The van der Waals surface area contributed by atoms with Crippen molar-refractivity contribution < 1.29 is 4.79 Å². The van der Waals surface area contributed by atoms with Gasteiger partial charge in [0.15, 0.2) is 5.78 Å². The third-order valence-electron chi connectivity index (χ3n) is 3.85. The van der Waals surface area contributed by atoms with E-state index in [1.54, 1.807) is 12.1 Å². The van der Waals surface area contributed by atoms with Crippen LogP contribution in [0.15, 0.2) is 36.4 Å². The number of aryl methyl sites for hydroxylation is 3. The Hall–Kier alpha value is -1.60. The van der Waals surface area contributed by atoms with Crippen molar-refractivity contribution in [3.05, 3.63) is 69.2 Å². The first kappa shape index (κ1) is 15.8. The van der Waals surface area contributed by atoms with E-state index < -0.39 is 0 Å². The molecule has 21 heavy (non-hydrogen) atoms. The van der Waals surface area contributed by atoms with E-state index in [9.17, 15) is 4.79 Å². The zero-order chi connectivity index (χ0) is 15.4.